The summed E-state index contributed by atoms with van der Waals surface area (Å²) in [6.45, 7) is 1.99. The zero-order chi connectivity index (χ0) is 16.7. The standard InChI is InChI=1S/C19H23NO3/c1-14(16-7-5-4-6-8-16)20-19(21)12-10-15-9-11-17(22-2)18(13-15)23-3/h4-9,11,13-14H,10,12H2,1-3H3,(H,20,21)/t14-/m0/s1. The fourth-order valence-corrected chi connectivity index (χ4v) is 2.43. The van der Waals surface area contributed by atoms with Gasteiger partial charge in [0, 0.05) is 6.42 Å². The molecule has 0 saturated carbocycles. The maximum absolute atomic E-state index is 12.1. The molecule has 0 spiro atoms. The van der Waals surface area contributed by atoms with Gasteiger partial charge in [0.25, 0.3) is 0 Å². The number of hydrogen-bond acceptors (Lipinski definition) is 3. The topological polar surface area (TPSA) is 47.6 Å². The Morgan fingerprint density at radius 3 is 2.39 bits per heavy atom. The van der Waals surface area contributed by atoms with Gasteiger partial charge in [-0.3, -0.25) is 4.79 Å². The van der Waals surface area contributed by atoms with E-state index in [1.807, 2.05) is 55.5 Å². The van der Waals surface area contributed by atoms with E-state index in [0.29, 0.717) is 24.3 Å². The molecule has 0 aliphatic carbocycles. The van der Waals surface area contributed by atoms with Gasteiger partial charge in [0.05, 0.1) is 20.3 Å². The lowest BCUT2D eigenvalue weighted by Crippen LogP contribution is -2.26. The molecule has 0 aromatic heterocycles. The smallest absolute Gasteiger partial charge is 0.220 e. The number of hydrogen-bond donors (Lipinski definition) is 1. The Balaban J connectivity index is 1.89. The van der Waals surface area contributed by atoms with Gasteiger partial charge in [-0.25, -0.2) is 0 Å². The molecular weight excluding hydrogens is 290 g/mol. The van der Waals surface area contributed by atoms with Crippen molar-refractivity contribution in [2.24, 2.45) is 0 Å². The van der Waals surface area contributed by atoms with Crippen molar-refractivity contribution in [3.8, 4) is 11.5 Å². The second-order valence-corrected chi connectivity index (χ2v) is 5.39. The number of amides is 1. The van der Waals surface area contributed by atoms with E-state index < -0.39 is 0 Å². The average Bonchev–Trinajstić information content (AvgIpc) is 2.60. The number of methoxy groups -OCH3 is 2. The Morgan fingerprint density at radius 2 is 1.74 bits per heavy atom. The minimum atomic E-state index is 0.00843. The molecular formula is C19H23NO3. The molecule has 4 heteroatoms. The summed E-state index contributed by atoms with van der Waals surface area (Å²) in [6.07, 6.45) is 1.10. The van der Waals surface area contributed by atoms with E-state index in [0.717, 1.165) is 11.1 Å². The summed E-state index contributed by atoms with van der Waals surface area (Å²) in [5.74, 6) is 1.41. The Hall–Kier alpha value is -2.49. The SMILES string of the molecule is COc1ccc(CCC(=O)N[C@@H](C)c2ccccc2)cc1OC. The second-order valence-electron chi connectivity index (χ2n) is 5.39. The van der Waals surface area contributed by atoms with Crippen molar-refractivity contribution in [1.82, 2.24) is 5.32 Å². The van der Waals surface area contributed by atoms with Crippen molar-refractivity contribution in [3.05, 3.63) is 59.7 Å². The normalized spacial score (nSPS) is 11.6. The van der Waals surface area contributed by atoms with Gasteiger partial charge in [-0.2, -0.15) is 0 Å². The highest BCUT2D eigenvalue weighted by Gasteiger charge is 2.10. The number of carbonyl (C=O) groups excluding carboxylic acids is 1. The van der Waals surface area contributed by atoms with Crippen molar-refractivity contribution in [1.29, 1.82) is 0 Å². The summed E-state index contributed by atoms with van der Waals surface area (Å²) in [7, 11) is 3.21. The van der Waals surface area contributed by atoms with Crippen LogP contribution in [0.2, 0.25) is 0 Å². The predicted molar refractivity (Wildman–Crippen MR) is 90.9 cm³/mol. The first-order valence-electron chi connectivity index (χ1n) is 7.69. The number of rotatable bonds is 7. The third-order valence-corrected chi connectivity index (χ3v) is 3.77. The first kappa shape index (κ1) is 16.9. The van der Waals surface area contributed by atoms with Crippen LogP contribution in [0.3, 0.4) is 0 Å². The van der Waals surface area contributed by atoms with Crippen molar-refractivity contribution >= 4 is 5.91 Å². The predicted octanol–water partition coefficient (Wildman–Crippen LogP) is 3.51. The number of ether oxygens (including phenoxy) is 2. The summed E-state index contributed by atoms with van der Waals surface area (Å²) in [5, 5.41) is 3.02. The summed E-state index contributed by atoms with van der Waals surface area (Å²) in [4.78, 5) is 12.1. The van der Waals surface area contributed by atoms with Gasteiger partial charge in [0.1, 0.15) is 0 Å². The summed E-state index contributed by atoms with van der Waals surface area (Å²) < 4.78 is 10.5. The fraction of sp³-hybridized carbons (Fsp3) is 0.316. The van der Waals surface area contributed by atoms with Crippen molar-refractivity contribution in [2.45, 2.75) is 25.8 Å². The summed E-state index contributed by atoms with van der Waals surface area (Å²) in [6, 6.07) is 15.7. The van der Waals surface area contributed by atoms with Gasteiger partial charge in [-0.15, -0.1) is 0 Å². The minimum Gasteiger partial charge on any atom is -0.493 e. The van der Waals surface area contributed by atoms with Crippen molar-refractivity contribution in [3.63, 3.8) is 0 Å². The van der Waals surface area contributed by atoms with Gasteiger partial charge in [0.2, 0.25) is 5.91 Å². The largest absolute Gasteiger partial charge is 0.493 e. The van der Waals surface area contributed by atoms with Crippen LogP contribution in [0, 0.1) is 0 Å². The monoisotopic (exact) mass is 313 g/mol. The van der Waals surface area contributed by atoms with E-state index in [9.17, 15) is 4.79 Å². The van der Waals surface area contributed by atoms with Crippen LogP contribution in [0.25, 0.3) is 0 Å². The highest BCUT2D eigenvalue weighted by molar-refractivity contribution is 5.76. The molecule has 0 aliphatic rings. The minimum absolute atomic E-state index is 0.00843. The molecule has 0 aliphatic heterocycles. The molecule has 2 aromatic carbocycles. The van der Waals surface area contributed by atoms with Gasteiger partial charge in [-0.1, -0.05) is 36.4 Å². The quantitative estimate of drug-likeness (QED) is 0.851. The first-order valence-corrected chi connectivity index (χ1v) is 7.69. The van der Waals surface area contributed by atoms with Crippen molar-refractivity contribution < 1.29 is 14.3 Å². The molecule has 0 heterocycles. The van der Waals surface area contributed by atoms with E-state index in [4.69, 9.17) is 9.47 Å². The third-order valence-electron chi connectivity index (χ3n) is 3.77. The Bertz CT molecular complexity index is 640. The number of carbonyl (C=O) groups is 1. The van der Waals surface area contributed by atoms with E-state index in [1.165, 1.54) is 0 Å². The lowest BCUT2D eigenvalue weighted by atomic mass is 10.1. The average molecular weight is 313 g/mol. The van der Waals surface area contributed by atoms with Gasteiger partial charge in [-0.05, 0) is 36.6 Å². The van der Waals surface area contributed by atoms with Gasteiger partial charge >= 0.3 is 0 Å². The Labute approximate surface area is 137 Å². The van der Waals surface area contributed by atoms with Crippen LogP contribution in [-0.4, -0.2) is 20.1 Å². The Morgan fingerprint density at radius 1 is 1.04 bits per heavy atom. The van der Waals surface area contributed by atoms with E-state index in [1.54, 1.807) is 14.2 Å². The fourth-order valence-electron chi connectivity index (χ4n) is 2.43. The summed E-state index contributed by atoms with van der Waals surface area (Å²) in [5.41, 5.74) is 2.15. The zero-order valence-corrected chi connectivity index (χ0v) is 13.8. The first-order chi connectivity index (χ1) is 11.1. The number of benzene rings is 2. The molecule has 1 N–H and O–H groups in total. The van der Waals surface area contributed by atoms with Crippen LogP contribution < -0.4 is 14.8 Å². The molecule has 23 heavy (non-hydrogen) atoms. The summed E-state index contributed by atoms with van der Waals surface area (Å²) >= 11 is 0. The van der Waals surface area contributed by atoms with Crippen LogP contribution in [0.1, 0.15) is 30.5 Å². The van der Waals surface area contributed by atoms with Crippen LogP contribution >= 0.6 is 0 Å². The molecule has 0 fully saturated rings. The molecule has 1 atom stereocenters. The maximum atomic E-state index is 12.1. The lowest BCUT2D eigenvalue weighted by Gasteiger charge is -2.14. The van der Waals surface area contributed by atoms with Crippen LogP contribution in [0.5, 0.6) is 11.5 Å². The maximum Gasteiger partial charge on any atom is 0.220 e. The van der Waals surface area contributed by atoms with Crippen LogP contribution in [-0.2, 0) is 11.2 Å². The molecule has 122 valence electrons. The van der Waals surface area contributed by atoms with Gasteiger partial charge in [0.15, 0.2) is 11.5 Å². The lowest BCUT2D eigenvalue weighted by molar-refractivity contribution is -0.121. The molecule has 2 rings (SSSR count). The molecule has 0 unspecified atom stereocenters. The molecule has 0 saturated heterocycles. The molecule has 0 radical (unpaired) electrons. The molecule has 4 nitrogen and oxygen atoms in total. The number of nitrogens with one attached hydrogen (secondary N) is 1. The zero-order valence-electron chi connectivity index (χ0n) is 13.8. The molecule has 1 amide bonds. The molecule has 0 bridgehead atoms. The van der Waals surface area contributed by atoms with Gasteiger partial charge < -0.3 is 14.8 Å². The van der Waals surface area contributed by atoms with E-state index in [2.05, 4.69) is 5.32 Å². The number of aryl methyl sites for hydroxylation is 1. The van der Waals surface area contributed by atoms with E-state index in [-0.39, 0.29) is 11.9 Å². The van der Waals surface area contributed by atoms with E-state index >= 15 is 0 Å². The third kappa shape index (κ3) is 4.74. The highest BCUT2D eigenvalue weighted by atomic mass is 16.5. The van der Waals surface area contributed by atoms with Crippen molar-refractivity contribution in [2.75, 3.05) is 14.2 Å². The molecule has 2 aromatic rings. The Kier molecular flexibility index (Phi) is 6.03. The highest BCUT2D eigenvalue weighted by Crippen LogP contribution is 2.28. The second kappa shape index (κ2) is 8.22. The van der Waals surface area contributed by atoms with Crippen LogP contribution in [0.15, 0.2) is 48.5 Å². The van der Waals surface area contributed by atoms with Crippen LogP contribution in [0.4, 0.5) is 0 Å².